The fourth-order valence-electron chi connectivity index (χ4n) is 3.34. The molecule has 0 unspecified atom stereocenters. The van der Waals surface area contributed by atoms with Crippen molar-refractivity contribution in [2.24, 2.45) is 0 Å². The molecular weight excluding hydrogens is 366 g/mol. The molecule has 1 amide bonds. The van der Waals surface area contributed by atoms with Crippen LogP contribution >= 0.6 is 11.8 Å². The number of ether oxygens (including phenoxy) is 2. The number of carbonyl (C=O) groups excluding carboxylic acids is 1. The van der Waals surface area contributed by atoms with Gasteiger partial charge in [-0.2, -0.15) is 0 Å². The third kappa shape index (κ3) is 3.74. The minimum absolute atomic E-state index is 0.0317. The van der Waals surface area contributed by atoms with Crippen LogP contribution in [0.25, 0.3) is 0 Å². The standard InChI is InChI=1S/C18H23N5O3S/c1-11-20-21-18-23(11)22-15(12-5-7-13(25-2)8-6-12)16(27-18)17(24)19-10-14-4-3-9-26-14/h5-8,14-16,22H,3-4,9-10H2,1-2H3,(H,19,24)/t14-,15-,16-/m0/s1. The second-order valence-electron chi connectivity index (χ2n) is 6.66. The Labute approximate surface area is 162 Å². The Hall–Kier alpha value is -2.26. The molecule has 144 valence electrons. The van der Waals surface area contributed by atoms with Crippen molar-refractivity contribution in [1.82, 2.24) is 20.2 Å². The van der Waals surface area contributed by atoms with E-state index < -0.39 is 0 Å². The maximum absolute atomic E-state index is 13.0. The fraction of sp³-hybridized carbons (Fsp3) is 0.500. The second kappa shape index (κ2) is 7.77. The summed E-state index contributed by atoms with van der Waals surface area (Å²) in [5, 5.41) is 11.7. The summed E-state index contributed by atoms with van der Waals surface area (Å²) in [6.07, 6.45) is 2.16. The zero-order valence-corrected chi connectivity index (χ0v) is 16.2. The Morgan fingerprint density at radius 3 is 2.93 bits per heavy atom. The molecule has 2 aliphatic heterocycles. The molecule has 1 fully saturated rings. The van der Waals surface area contributed by atoms with Gasteiger partial charge >= 0.3 is 0 Å². The van der Waals surface area contributed by atoms with E-state index in [1.54, 1.807) is 7.11 Å². The minimum atomic E-state index is -0.365. The number of nitrogens with one attached hydrogen (secondary N) is 2. The second-order valence-corrected chi connectivity index (χ2v) is 7.77. The highest BCUT2D eigenvalue weighted by Crippen LogP contribution is 2.37. The van der Waals surface area contributed by atoms with Gasteiger partial charge in [-0.15, -0.1) is 10.2 Å². The first-order chi connectivity index (χ1) is 13.2. The first kappa shape index (κ1) is 18.1. The van der Waals surface area contributed by atoms with Crippen molar-refractivity contribution < 1.29 is 14.3 Å². The van der Waals surface area contributed by atoms with Gasteiger partial charge in [0.1, 0.15) is 16.8 Å². The lowest BCUT2D eigenvalue weighted by atomic mass is 10.0. The van der Waals surface area contributed by atoms with Gasteiger partial charge in [-0.25, -0.2) is 4.68 Å². The highest BCUT2D eigenvalue weighted by atomic mass is 32.2. The SMILES string of the molecule is COc1ccc([C@@H]2Nn3c(C)nnc3S[C@@H]2C(=O)NC[C@@H]2CCCO2)cc1. The molecule has 0 spiro atoms. The van der Waals surface area contributed by atoms with Gasteiger partial charge in [0.2, 0.25) is 11.1 Å². The zero-order chi connectivity index (χ0) is 18.8. The highest BCUT2D eigenvalue weighted by molar-refractivity contribution is 8.00. The number of thioether (sulfide) groups is 1. The van der Waals surface area contributed by atoms with E-state index >= 15 is 0 Å². The van der Waals surface area contributed by atoms with Crippen LogP contribution < -0.4 is 15.5 Å². The lowest BCUT2D eigenvalue weighted by molar-refractivity contribution is -0.121. The van der Waals surface area contributed by atoms with Crippen LogP contribution in [0.3, 0.4) is 0 Å². The van der Waals surface area contributed by atoms with Crippen LogP contribution in [0.15, 0.2) is 29.4 Å². The first-order valence-electron chi connectivity index (χ1n) is 9.04. The van der Waals surface area contributed by atoms with E-state index in [0.29, 0.717) is 11.7 Å². The number of rotatable bonds is 5. The van der Waals surface area contributed by atoms with Crippen LogP contribution in [0.2, 0.25) is 0 Å². The average Bonchev–Trinajstić information content (AvgIpc) is 3.35. The van der Waals surface area contributed by atoms with E-state index in [1.165, 1.54) is 11.8 Å². The summed E-state index contributed by atoms with van der Waals surface area (Å²) in [7, 11) is 1.64. The van der Waals surface area contributed by atoms with Crippen LogP contribution in [0.1, 0.15) is 30.3 Å². The molecule has 1 aromatic heterocycles. The summed E-state index contributed by atoms with van der Waals surface area (Å²) in [5.74, 6) is 1.51. The Balaban J connectivity index is 1.56. The number of fused-ring (bicyclic) bond motifs is 1. The van der Waals surface area contributed by atoms with E-state index in [9.17, 15) is 4.79 Å². The number of amides is 1. The van der Waals surface area contributed by atoms with Crippen LogP contribution in [0.4, 0.5) is 0 Å². The number of aryl methyl sites for hydroxylation is 1. The minimum Gasteiger partial charge on any atom is -0.497 e. The van der Waals surface area contributed by atoms with Crippen LogP contribution in [0.5, 0.6) is 5.75 Å². The third-order valence-electron chi connectivity index (χ3n) is 4.86. The summed E-state index contributed by atoms with van der Waals surface area (Å²) in [4.78, 5) is 13.0. The number of nitrogens with zero attached hydrogens (tertiary/aromatic N) is 3. The lowest BCUT2D eigenvalue weighted by Gasteiger charge is -2.33. The van der Waals surface area contributed by atoms with Gasteiger partial charge < -0.3 is 20.2 Å². The first-order valence-corrected chi connectivity index (χ1v) is 9.92. The average molecular weight is 389 g/mol. The molecular formula is C18H23N5O3S. The van der Waals surface area contributed by atoms with Crippen molar-refractivity contribution in [3.63, 3.8) is 0 Å². The molecule has 1 saturated heterocycles. The van der Waals surface area contributed by atoms with Crippen molar-refractivity contribution in [3.05, 3.63) is 35.7 Å². The van der Waals surface area contributed by atoms with Crippen LogP contribution in [-0.2, 0) is 9.53 Å². The molecule has 0 saturated carbocycles. The molecule has 9 heteroatoms. The summed E-state index contributed by atoms with van der Waals surface area (Å²) < 4.78 is 12.7. The highest BCUT2D eigenvalue weighted by Gasteiger charge is 2.37. The van der Waals surface area contributed by atoms with Gasteiger partial charge in [-0.3, -0.25) is 4.79 Å². The van der Waals surface area contributed by atoms with Gasteiger partial charge in [0.05, 0.1) is 19.3 Å². The van der Waals surface area contributed by atoms with Crippen molar-refractivity contribution in [2.75, 3.05) is 25.7 Å². The van der Waals surface area contributed by atoms with Crippen molar-refractivity contribution >= 4 is 17.7 Å². The molecule has 2 N–H and O–H groups in total. The van der Waals surface area contributed by atoms with Gasteiger partial charge in [-0.05, 0) is 37.5 Å². The summed E-state index contributed by atoms with van der Waals surface area (Å²) >= 11 is 1.42. The van der Waals surface area contributed by atoms with E-state index in [1.807, 2.05) is 35.9 Å². The van der Waals surface area contributed by atoms with Gasteiger partial charge in [0.15, 0.2) is 0 Å². The number of methoxy groups -OCH3 is 1. The Morgan fingerprint density at radius 2 is 2.22 bits per heavy atom. The number of aromatic nitrogens is 3. The lowest BCUT2D eigenvalue weighted by Crippen LogP contribution is -2.45. The largest absolute Gasteiger partial charge is 0.497 e. The topological polar surface area (TPSA) is 90.3 Å². The van der Waals surface area contributed by atoms with Crippen LogP contribution in [-0.4, -0.2) is 52.4 Å². The van der Waals surface area contributed by atoms with Gasteiger partial charge in [0, 0.05) is 13.2 Å². The van der Waals surface area contributed by atoms with Crippen LogP contribution in [0, 0.1) is 6.92 Å². The molecule has 4 rings (SSSR count). The predicted molar refractivity (Wildman–Crippen MR) is 101 cm³/mol. The van der Waals surface area contributed by atoms with Gasteiger partial charge in [-0.1, -0.05) is 23.9 Å². The normalized spacial score (nSPS) is 24.1. The number of hydrogen-bond donors (Lipinski definition) is 2. The van der Waals surface area contributed by atoms with E-state index in [4.69, 9.17) is 9.47 Å². The van der Waals surface area contributed by atoms with Crippen molar-refractivity contribution in [1.29, 1.82) is 0 Å². The molecule has 2 aliphatic rings. The Bertz CT molecular complexity index is 804. The molecule has 8 nitrogen and oxygen atoms in total. The number of hydrogen-bond acceptors (Lipinski definition) is 7. The number of carbonyl (C=O) groups is 1. The maximum atomic E-state index is 13.0. The number of benzene rings is 1. The molecule has 3 atom stereocenters. The Morgan fingerprint density at radius 1 is 1.41 bits per heavy atom. The quantitative estimate of drug-likeness (QED) is 0.803. The molecule has 27 heavy (non-hydrogen) atoms. The van der Waals surface area contributed by atoms with Crippen molar-refractivity contribution in [2.45, 2.75) is 42.3 Å². The zero-order valence-electron chi connectivity index (χ0n) is 15.3. The summed E-state index contributed by atoms with van der Waals surface area (Å²) in [5.41, 5.74) is 4.40. The van der Waals surface area contributed by atoms with E-state index in [0.717, 1.165) is 36.6 Å². The van der Waals surface area contributed by atoms with E-state index in [2.05, 4.69) is 20.9 Å². The molecule has 1 aromatic carbocycles. The maximum Gasteiger partial charge on any atom is 0.236 e. The fourth-order valence-corrected chi connectivity index (χ4v) is 4.49. The molecule has 0 bridgehead atoms. The molecule has 0 radical (unpaired) electrons. The molecule has 3 heterocycles. The van der Waals surface area contributed by atoms with Gasteiger partial charge in [0.25, 0.3) is 0 Å². The summed E-state index contributed by atoms with van der Waals surface area (Å²) in [6.45, 7) is 3.20. The Kier molecular flexibility index (Phi) is 5.22. The smallest absolute Gasteiger partial charge is 0.236 e. The third-order valence-corrected chi connectivity index (χ3v) is 6.07. The molecule has 0 aliphatic carbocycles. The monoisotopic (exact) mass is 389 g/mol. The predicted octanol–water partition coefficient (Wildman–Crippen LogP) is 1.65. The van der Waals surface area contributed by atoms with E-state index in [-0.39, 0.29) is 23.3 Å². The summed E-state index contributed by atoms with van der Waals surface area (Å²) in [6, 6.07) is 7.53. The van der Waals surface area contributed by atoms with Crippen molar-refractivity contribution in [3.8, 4) is 5.75 Å². The molecule has 2 aromatic rings.